The molecule has 7 heteroatoms. The molecule has 7 nitrogen and oxygen atoms in total. The molecule has 0 spiro atoms. The van der Waals surface area contributed by atoms with E-state index < -0.39 is 18.1 Å². The van der Waals surface area contributed by atoms with Gasteiger partial charge in [-0.15, -0.1) is 0 Å². The molecule has 1 aromatic heterocycles. The second-order valence-corrected chi connectivity index (χ2v) is 4.24. The Bertz CT molecular complexity index is 452. The first-order valence-corrected chi connectivity index (χ1v) is 5.43. The van der Waals surface area contributed by atoms with E-state index in [-0.39, 0.29) is 18.9 Å². The monoisotopic (exact) mass is 251 g/mol. The van der Waals surface area contributed by atoms with Crippen LogP contribution in [0.25, 0.3) is 0 Å². The molecule has 0 radical (unpaired) electrons. The second kappa shape index (κ2) is 4.52. The maximum atomic E-state index is 11.0. The lowest BCUT2D eigenvalue weighted by Gasteiger charge is -2.16. The number of carboxylic acids is 1. The normalized spacial score (nSPS) is 23.0. The fourth-order valence-electron chi connectivity index (χ4n) is 2.18. The Kier molecular flexibility index (Phi) is 3.05. The molecule has 0 saturated carbocycles. The molecule has 1 amide bonds. The van der Waals surface area contributed by atoms with Crippen molar-refractivity contribution in [2.45, 2.75) is 18.4 Å². The van der Waals surface area contributed by atoms with Gasteiger partial charge in [0.25, 0.3) is 0 Å². The summed E-state index contributed by atoms with van der Waals surface area (Å²) in [5.74, 6) is -0.903. The minimum Gasteiger partial charge on any atom is -0.480 e. The van der Waals surface area contributed by atoms with Crippen LogP contribution in [0.3, 0.4) is 0 Å². The van der Waals surface area contributed by atoms with E-state index in [2.05, 4.69) is 4.98 Å². The molecule has 2 atom stereocenters. The minimum atomic E-state index is -1.21. The number of carboxylic acid groups (broad SMARTS) is 2. The van der Waals surface area contributed by atoms with Gasteiger partial charge >= 0.3 is 12.1 Å². The van der Waals surface area contributed by atoms with Crippen molar-refractivity contribution in [1.82, 2.24) is 9.88 Å². The molecular weight excluding hydrogens is 238 g/mol. The molecule has 96 valence electrons. The smallest absolute Gasteiger partial charge is 0.408 e. The highest BCUT2D eigenvalue weighted by atomic mass is 16.4. The van der Waals surface area contributed by atoms with Crippen LogP contribution in [0.15, 0.2) is 18.3 Å². The van der Waals surface area contributed by atoms with Gasteiger partial charge in [0.15, 0.2) is 0 Å². The number of hydrogen-bond donors (Lipinski definition) is 3. The first-order chi connectivity index (χ1) is 8.49. The van der Waals surface area contributed by atoms with Crippen LogP contribution in [0.2, 0.25) is 0 Å². The van der Waals surface area contributed by atoms with Gasteiger partial charge in [0, 0.05) is 18.7 Å². The van der Waals surface area contributed by atoms with Crippen LogP contribution in [-0.4, -0.2) is 44.7 Å². The van der Waals surface area contributed by atoms with Crippen LogP contribution < -0.4 is 5.73 Å². The zero-order valence-corrected chi connectivity index (χ0v) is 9.48. The standard InChI is InChI=1S/C11H13N3O4/c12-9-2-1-6(4-13-9)7-3-8(10(15)16)14(5-7)11(17)18/h1-2,4,7-8H,3,5H2,(H2,12,13)(H,15,16)(H,17,18)/t7-,8-/m0/s1. The van der Waals surface area contributed by atoms with Gasteiger partial charge in [-0.3, -0.25) is 4.90 Å². The predicted molar refractivity (Wildman–Crippen MR) is 62.2 cm³/mol. The van der Waals surface area contributed by atoms with E-state index in [4.69, 9.17) is 15.9 Å². The first kappa shape index (κ1) is 12.2. The number of carbonyl (C=O) groups is 2. The van der Waals surface area contributed by atoms with Gasteiger partial charge in [0.1, 0.15) is 11.9 Å². The van der Waals surface area contributed by atoms with Crippen LogP contribution >= 0.6 is 0 Å². The number of nitrogens with two attached hydrogens (primary N) is 1. The SMILES string of the molecule is Nc1ccc([C@H]2C[C@@H](C(=O)O)N(C(=O)O)C2)cn1. The average molecular weight is 251 g/mol. The molecule has 1 aliphatic rings. The van der Waals surface area contributed by atoms with Gasteiger partial charge < -0.3 is 15.9 Å². The van der Waals surface area contributed by atoms with Crippen LogP contribution in [-0.2, 0) is 4.79 Å². The zero-order valence-electron chi connectivity index (χ0n) is 9.48. The third-order valence-corrected chi connectivity index (χ3v) is 3.11. The number of likely N-dealkylation sites (tertiary alicyclic amines) is 1. The second-order valence-electron chi connectivity index (χ2n) is 4.24. The van der Waals surface area contributed by atoms with Crippen molar-refractivity contribution in [1.29, 1.82) is 0 Å². The molecular formula is C11H13N3O4. The van der Waals surface area contributed by atoms with E-state index in [0.717, 1.165) is 10.5 Å². The van der Waals surface area contributed by atoms with Gasteiger partial charge in [0.05, 0.1) is 0 Å². The Morgan fingerprint density at radius 2 is 2.11 bits per heavy atom. The van der Waals surface area contributed by atoms with E-state index >= 15 is 0 Å². The lowest BCUT2D eigenvalue weighted by atomic mass is 9.98. The van der Waals surface area contributed by atoms with Crippen molar-refractivity contribution in [2.75, 3.05) is 12.3 Å². The maximum absolute atomic E-state index is 11.0. The maximum Gasteiger partial charge on any atom is 0.408 e. The molecule has 2 heterocycles. The summed E-state index contributed by atoms with van der Waals surface area (Å²) in [6.07, 6.45) is 0.602. The minimum absolute atomic E-state index is 0.157. The van der Waals surface area contributed by atoms with Crippen LogP contribution in [0.5, 0.6) is 0 Å². The Labute approximate surface area is 103 Å². The summed E-state index contributed by atoms with van der Waals surface area (Å²) in [5.41, 5.74) is 6.27. The largest absolute Gasteiger partial charge is 0.480 e. The van der Waals surface area contributed by atoms with Gasteiger partial charge in [-0.05, 0) is 18.1 Å². The van der Waals surface area contributed by atoms with E-state index in [9.17, 15) is 9.59 Å². The third kappa shape index (κ3) is 2.20. The number of hydrogen-bond acceptors (Lipinski definition) is 4. The molecule has 4 N–H and O–H groups in total. The highest BCUT2D eigenvalue weighted by Crippen LogP contribution is 2.31. The highest BCUT2D eigenvalue weighted by molar-refractivity contribution is 5.80. The molecule has 0 aliphatic carbocycles. The number of nitrogen functional groups attached to an aromatic ring is 1. The highest BCUT2D eigenvalue weighted by Gasteiger charge is 2.40. The Morgan fingerprint density at radius 1 is 1.39 bits per heavy atom. The quantitative estimate of drug-likeness (QED) is 0.708. The Hall–Kier alpha value is -2.31. The molecule has 0 aromatic carbocycles. The third-order valence-electron chi connectivity index (χ3n) is 3.11. The molecule has 18 heavy (non-hydrogen) atoms. The van der Waals surface area contributed by atoms with Crippen molar-refractivity contribution in [3.8, 4) is 0 Å². The van der Waals surface area contributed by atoms with Crippen LogP contribution in [0, 0.1) is 0 Å². The Morgan fingerprint density at radius 3 is 2.56 bits per heavy atom. The summed E-state index contributed by atoms with van der Waals surface area (Å²) in [6.45, 7) is 0.165. The predicted octanol–water partition coefficient (Wildman–Crippen LogP) is 0.584. The van der Waals surface area contributed by atoms with Gasteiger partial charge in [-0.1, -0.05) is 6.07 Å². The van der Waals surface area contributed by atoms with Crippen molar-refractivity contribution in [2.24, 2.45) is 0 Å². The van der Waals surface area contributed by atoms with Gasteiger partial charge in [-0.25, -0.2) is 14.6 Å². The van der Waals surface area contributed by atoms with Crippen molar-refractivity contribution in [3.63, 3.8) is 0 Å². The summed E-state index contributed by atoms with van der Waals surface area (Å²) in [5, 5.41) is 18.0. The number of aliphatic carboxylic acids is 1. The van der Waals surface area contributed by atoms with E-state index in [0.29, 0.717) is 5.82 Å². The topological polar surface area (TPSA) is 117 Å². The Balaban J connectivity index is 2.20. The molecule has 2 rings (SSSR count). The number of anilines is 1. The lowest BCUT2D eigenvalue weighted by molar-refractivity contribution is -0.141. The molecule has 0 unspecified atom stereocenters. The van der Waals surface area contributed by atoms with Crippen molar-refractivity contribution < 1.29 is 19.8 Å². The van der Waals surface area contributed by atoms with Crippen molar-refractivity contribution >= 4 is 17.9 Å². The number of amides is 1. The van der Waals surface area contributed by atoms with E-state index in [1.807, 2.05) is 0 Å². The van der Waals surface area contributed by atoms with Gasteiger partial charge in [-0.2, -0.15) is 0 Å². The van der Waals surface area contributed by atoms with Crippen molar-refractivity contribution in [3.05, 3.63) is 23.9 Å². The molecule has 1 aliphatic heterocycles. The number of rotatable bonds is 2. The van der Waals surface area contributed by atoms with Crippen LogP contribution in [0.1, 0.15) is 17.9 Å². The molecule has 1 fully saturated rings. The summed E-state index contributed by atoms with van der Waals surface area (Å²) in [4.78, 5) is 26.9. The van der Waals surface area contributed by atoms with E-state index in [1.54, 1.807) is 18.3 Å². The van der Waals surface area contributed by atoms with E-state index in [1.165, 1.54) is 0 Å². The average Bonchev–Trinajstić information content (AvgIpc) is 2.75. The summed E-state index contributed by atoms with van der Waals surface area (Å²) < 4.78 is 0. The summed E-state index contributed by atoms with van der Waals surface area (Å²) in [6, 6.07) is 2.37. The fraction of sp³-hybridized carbons (Fsp3) is 0.364. The lowest BCUT2D eigenvalue weighted by Crippen LogP contribution is -2.39. The van der Waals surface area contributed by atoms with Gasteiger partial charge in [0.2, 0.25) is 0 Å². The first-order valence-electron chi connectivity index (χ1n) is 5.43. The molecule has 1 aromatic rings. The fourth-order valence-corrected chi connectivity index (χ4v) is 2.18. The number of nitrogens with zero attached hydrogens (tertiary/aromatic N) is 2. The number of pyridine rings is 1. The van der Waals surface area contributed by atoms with Crippen LogP contribution in [0.4, 0.5) is 10.6 Å². The molecule has 1 saturated heterocycles. The summed E-state index contributed by atoms with van der Waals surface area (Å²) in [7, 11) is 0. The molecule has 0 bridgehead atoms. The zero-order chi connectivity index (χ0) is 13.3. The number of aromatic nitrogens is 1. The summed E-state index contributed by atoms with van der Waals surface area (Å²) >= 11 is 0.